The van der Waals surface area contributed by atoms with Crippen molar-refractivity contribution in [3.8, 4) is 0 Å². The first kappa shape index (κ1) is 14.2. The molecule has 1 aliphatic heterocycles. The maximum atomic E-state index is 12.2. The van der Waals surface area contributed by atoms with E-state index in [1.807, 2.05) is 25.7 Å². The van der Waals surface area contributed by atoms with Crippen molar-refractivity contribution in [2.75, 3.05) is 13.1 Å². The Bertz CT molecular complexity index is 405. The van der Waals surface area contributed by atoms with Gasteiger partial charge in [0.2, 0.25) is 0 Å². The predicted octanol–water partition coefficient (Wildman–Crippen LogP) is 2.91. The molecule has 0 aromatic rings. The number of hydrogen-bond acceptors (Lipinski definition) is 3. The second-order valence-electron chi connectivity index (χ2n) is 8.08. The van der Waals surface area contributed by atoms with Crippen molar-refractivity contribution in [3.63, 3.8) is 0 Å². The lowest BCUT2D eigenvalue weighted by atomic mass is 9.76. The summed E-state index contributed by atoms with van der Waals surface area (Å²) >= 11 is 0. The van der Waals surface area contributed by atoms with Gasteiger partial charge in [-0.3, -0.25) is 0 Å². The Morgan fingerprint density at radius 1 is 1.25 bits per heavy atom. The number of nitrogens with two attached hydrogens (primary N) is 1. The summed E-state index contributed by atoms with van der Waals surface area (Å²) in [6, 6.07) is 0. The smallest absolute Gasteiger partial charge is 0.410 e. The van der Waals surface area contributed by atoms with Gasteiger partial charge in [0.05, 0.1) is 0 Å². The molecule has 3 aliphatic rings. The summed E-state index contributed by atoms with van der Waals surface area (Å²) in [5.74, 6) is 0.580. The highest BCUT2D eigenvalue weighted by Crippen LogP contribution is 2.67. The summed E-state index contributed by atoms with van der Waals surface area (Å²) in [7, 11) is 0. The van der Waals surface area contributed by atoms with Crippen LogP contribution in [0.2, 0.25) is 0 Å². The summed E-state index contributed by atoms with van der Waals surface area (Å²) in [5, 5.41) is 0. The first-order valence-corrected chi connectivity index (χ1v) is 8.03. The van der Waals surface area contributed by atoms with Gasteiger partial charge in [0, 0.05) is 18.6 Å². The summed E-state index contributed by atoms with van der Waals surface area (Å²) in [5.41, 5.74) is 6.53. The minimum absolute atomic E-state index is 0.0919. The maximum Gasteiger partial charge on any atom is 0.410 e. The highest BCUT2D eigenvalue weighted by atomic mass is 16.6. The van der Waals surface area contributed by atoms with Crippen LogP contribution in [-0.2, 0) is 4.74 Å². The number of rotatable bonds is 2. The van der Waals surface area contributed by atoms with Crippen LogP contribution in [-0.4, -0.2) is 35.2 Å². The Hall–Kier alpha value is -0.770. The number of hydrogen-bond donors (Lipinski definition) is 1. The average Bonchev–Trinajstić information content (AvgIpc) is 3.22. The lowest BCUT2D eigenvalue weighted by Gasteiger charge is -2.40. The molecule has 4 nitrogen and oxygen atoms in total. The number of amides is 1. The summed E-state index contributed by atoms with van der Waals surface area (Å²) in [6.07, 6.45) is 7.03. The molecule has 1 saturated heterocycles. The minimum atomic E-state index is -0.410. The largest absolute Gasteiger partial charge is 0.444 e. The van der Waals surface area contributed by atoms with E-state index in [1.54, 1.807) is 0 Å². The van der Waals surface area contributed by atoms with Gasteiger partial charge in [0.25, 0.3) is 0 Å². The van der Waals surface area contributed by atoms with Crippen LogP contribution in [0.4, 0.5) is 4.79 Å². The zero-order chi connectivity index (χ0) is 14.6. The third-order valence-electron chi connectivity index (χ3n) is 5.42. The summed E-state index contributed by atoms with van der Waals surface area (Å²) in [6.45, 7) is 7.45. The Labute approximate surface area is 122 Å². The highest BCUT2D eigenvalue weighted by molar-refractivity contribution is 5.68. The van der Waals surface area contributed by atoms with E-state index in [2.05, 4.69) is 0 Å². The molecule has 4 heteroatoms. The van der Waals surface area contributed by atoms with Gasteiger partial charge >= 0.3 is 6.09 Å². The fraction of sp³-hybridized carbons (Fsp3) is 0.938. The molecule has 3 rings (SSSR count). The van der Waals surface area contributed by atoms with Gasteiger partial charge in [-0.15, -0.1) is 0 Å². The Kier molecular flexibility index (Phi) is 3.09. The first-order valence-electron chi connectivity index (χ1n) is 8.03. The summed E-state index contributed by atoms with van der Waals surface area (Å²) in [4.78, 5) is 14.2. The van der Waals surface area contributed by atoms with E-state index in [9.17, 15) is 4.79 Å². The summed E-state index contributed by atoms with van der Waals surface area (Å²) < 4.78 is 5.52. The van der Waals surface area contributed by atoms with Crippen LogP contribution in [0, 0.1) is 11.3 Å². The van der Waals surface area contributed by atoms with Crippen LogP contribution in [0.15, 0.2) is 0 Å². The number of piperidine rings is 1. The van der Waals surface area contributed by atoms with Crippen LogP contribution in [0.1, 0.15) is 59.3 Å². The molecule has 1 heterocycles. The number of nitrogens with zero attached hydrogens (tertiary/aromatic N) is 1. The molecule has 0 radical (unpaired) electrons. The van der Waals surface area contributed by atoms with E-state index in [4.69, 9.17) is 10.5 Å². The van der Waals surface area contributed by atoms with Crippen LogP contribution < -0.4 is 5.73 Å². The average molecular weight is 280 g/mol. The van der Waals surface area contributed by atoms with E-state index in [0.29, 0.717) is 11.3 Å². The molecular weight excluding hydrogens is 252 g/mol. The fourth-order valence-corrected chi connectivity index (χ4v) is 4.00. The zero-order valence-electron chi connectivity index (χ0n) is 13.1. The van der Waals surface area contributed by atoms with Gasteiger partial charge < -0.3 is 15.4 Å². The predicted molar refractivity (Wildman–Crippen MR) is 78.4 cm³/mol. The van der Waals surface area contributed by atoms with Crippen molar-refractivity contribution in [1.82, 2.24) is 4.90 Å². The van der Waals surface area contributed by atoms with Crippen LogP contribution in [0.3, 0.4) is 0 Å². The van der Waals surface area contributed by atoms with E-state index < -0.39 is 5.60 Å². The molecule has 0 spiro atoms. The number of ether oxygens (including phenoxy) is 1. The van der Waals surface area contributed by atoms with E-state index >= 15 is 0 Å². The fourth-order valence-electron chi connectivity index (χ4n) is 4.00. The normalized spacial score (nSPS) is 30.8. The van der Waals surface area contributed by atoms with E-state index in [-0.39, 0.29) is 11.6 Å². The van der Waals surface area contributed by atoms with Gasteiger partial charge in [-0.05, 0) is 70.6 Å². The van der Waals surface area contributed by atoms with Gasteiger partial charge in [-0.25, -0.2) is 4.79 Å². The first-order chi connectivity index (χ1) is 9.26. The molecule has 1 amide bonds. The SMILES string of the molecule is CC(C)(C)OC(=O)N1CCCC(C2(C3(N)CC3)CC2)C1. The lowest BCUT2D eigenvalue weighted by Crippen LogP contribution is -2.49. The number of likely N-dealkylation sites (tertiary alicyclic amines) is 1. The molecule has 1 atom stereocenters. The number of carbonyl (C=O) groups is 1. The van der Waals surface area contributed by atoms with Crippen molar-refractivity contribution in [3.05, 3.63) is 0 Å². The molecule has 0 aromatic carbocycles. The molecule has 114 valence electrons. The topological polar surface area (TPSA) is 55.6 Å². The van der Waals surface area contributed by atoms with Gasteiger partial charge in [-0.1, -0.05) is 0 Å². The minimum Gasteiger partial charge on any atom is -0.444 e. The zero-order valence-corrected chi connectivity index (χ0v) is 13.1. The standard InChI is InChI=1S/C16H28N2O2/c1-14(2,3)20-13(19)18-10-4-5-12(11-18)15(6-7-15)16(17)8-9-16/h12H,4-11,17H2,1-3H3. The van der Waals surface area contributed by atoms with Gasteiger partial charge in [0.15, 0.2) is 0 Å². The van der Waals surface area contributed by atoms with Crippen LogP contribution in [0.25, 0.3) is 0 Å². The van der Waals surface area contributed by atoms with Crippen molar-refractivity contribution in [1.29, 1.82) is 0 Å². The second-order valence-corrected chi connectivity index (χ2v) is 8.08. The van der Waals surface area contributed by atoms with Crippen molar-refractivity contribution in [2.45, 2.75) is 70.4 Å². The molecule has 1 unspecified atom stereocenters. The van der Waals surface area contributed by atoms with Crippen molar-refractivity contribution in [2.24, 2.45) is 17.1 Å². The monoisotopic (exact) mass is 280 g/mol. The molecule has 2 N–H and O–H groups in total. The van der Waals surface area contributed by atoms with E-state index in [1.165, 1.54) is 32.1 Å². The van der Waals surface area contributed by atoms with Crippen molar-refractivity contribution < 1.29 is 9.53 Å². The maximum absolute atomic E-state index is 12.2. The molecule has 20 heavy (non-hydrogen) atoms. The van der Waals surface area contributed by atoms with Crippen LogP contribution in [0.5, 0.6) is 0 Å². The molecule has 2 aliphatic carbocycles. The lowest BCUT2D eigenvalue weighted by molar-refractivity contribution is 0.00957. The third-order valence-corrected chi connectivity index (χ3v) is 5.42. The van der Waals surface area contributed by atoms with Crippen LogP contribution >= 0.6 is 0 Å². The third kappa shape index (κ3) is 2.43. The molecule has 3 fully saturated rings. The number of carbonyl (C=O) groups excluding carboxylic acids is 1. The van der Waals surface area contributed by atoms with Gasteiger partial charge in [-0.2, -0.15) is 0 Å². The Morgan fingerprint density at radius 3 is 2.40 bits per heavy atom. The Morgan fingerprint density at radius 2 is 1.90 bits per heavy atom. The molecule has 2 saturated carbocycles. The second kappa shape index (κ2) is 4.36. The quantitative estimate of drug-likeness (QED) is 0.846. The van der Waals surface area contributed by atoms with E-state index in [0.717, 1.165) is 19.5 Å². The van der Waals surface area contributed by atoms with Crippen molar-refractivity contribution >= 4 is 6.09 Å². The molecule has 0 aromatic heterocycles. The van der Waals surface area contributed by atoms with Gasteiger partial charge in [0.1, 0.15) is 5.60 Å². The molecular formula is C16H28N2O2. The Balaban J connectivity index is 1.64. The highest BCUT2D eigenvalue weighted by Gasteiger charge is 2.66. The molecule has 0 bridgehead atoms.